The summed E-state index contributed by atoms with van der Waals surface area (Å²) < 4.78 is 27.9. The van der Waals surface area contributed by atoms with Crippen molar-refractivity contribution in [3.05, 3.63) is 18.2 Å². The molecular formula is C13H23N3O3S. The fraction of sp³-hybridized carbons (Fsp3) is 0.538. The van der Waals surface area contributed by atoms with E-state index in [1.54, 1.807) is 12.1 Å². The molecule has 1 aromatic carbocycles. The number of hydrogen-bond acceptors (Lipinski definition) is 5. The Bertz CT molecular complexity index is 530. The molecule has 0 amide bonds. The van der Waals surface area contributed by atoms with Crippen molar-refractivity contribution < 1.29 is 13.2 Å². The second kappa shape index (κ2) is 7.47. The lowest BCUT2D eigenvalue weighted by atomic mass is 10.2. The molecule has 0 radical (unpaired) electrons. The first-order valence-electron chi connectivity index (χ1n) is 6.58. The van der Waals surface area contributed by atoms with Crippen LogP contribution in [-0.2, 0) is 14.8 Å². The van der Waals surface area contributed by atoms with Crippen LogP contribution in [0.3, 0.4) is 0 Å². The van der Waals surface area contributed by atoms with Gasteiger partial charge < -0.3 is 15.8 Å². The van der Waals surface area contributed by atoms with Crippen molar-refractivity contribution in [1.29, 1.82) is 0 Å². The fourth-order valence-electron chi connectivity index (χ4n) is 1.70. The highest BCUT2D eigenvalue weighted by molar-refractivity contribution is 7.89. The van der Waals surface area contributed by atoms with Gasteiger partial charge in [-0.05, 0) is 44.9 Å². The molecule has 0 aromatic heterocycles. The van der Waals surface area contributed by atoms with Gasteiger partial charge in [-0.15, -0.1) is 0 Å². The lowest BCUT2D eigenvalue weighted by Gasteiger charge is -2.10. The van der Waals surface area contributed by atoms with E-state index < -0.39 is 10.0 Å². The van der Waals surface area contributed by atoms with Crippen LogP contribution in [0.5, 0.6) is 0 Å². The highest BCUT2D eigenvalue weighted by atomic mass is 32.2. The van der Waals surface area contributed by atoms with Crippen molar-refractivity contribution in [2.75, 3.05) is 24.2 Å². The predicted octanol–water partition coefficient (Wildman–Crippen LogP) is 1.53. The average molecular weight is 301 g/mol. The summed E-state index contributed by atoms with van der Waals surface area (Å²) in [5.41, 5.74) is 6.60. The number of primary sulfonamides is 1. The average Bonchev–Trinajstić information content (AvgIpc) is 2.31. The zero-order valence-corrected chi connectivity index (χ0v) is 12.7. The monoisotopic (exact) mass is 301 g/mol. The number of benzene rings is 1. The van der Waals surface area contributed by atoms with Gasteiger partial charge in [0.05, 0.1) is 11.8 Å². The van der Waals surface area contributed by atoms with E-state index in [1.165, 1.54) is 6.07 Å². The quantitative estimate of drug-likeness (QED) is 0.498. The summed E-state index contributed by atoms with van der Waals surface area (Å²) >= 11 is 0. The van der Waals surface area contributed by atoms with Crippen LogP contribution in [0.15, 0.2) is 23.1 Å². The van der Waals surface area contributed by atoms with Crippen molar-refractivity contribution in [2.45, 2.75) is 37.7 Å². The van der Waals surface area contributed by atoms with Gasteiger partial charge in [-0.2, -0.15) is 0 Å². The summed E-state index contributed by atoms with van der Waals surface area (Å²) in [6.45, 7) is 5.53. The summed E-state index contributed by atoms with van der Waals surface area (Å²) in [5, 5.41) is 8.23. The number of hydrogen-bond donors (Lipinski definition) is 3. The molecule has 20 heavy (non-hydrogen) atoms. The van der Waals surface area contributed by atoms with Crippen LogP contribution in [0.4, 0.5) is 11.4 Å². The number of sulfonamides is 1. The highest BCUT2D eigenvalue weighted by Gasteiger charge is 2.11. The number of nitrogen functional groups attached to an aromatic ring is 1. The number of anilines is 2. The standard InChI is InChI=1S/C13H23N3O3S/c1-10(2)19-8-4-3-7-16-11-5-6-13(12(14)9-11)20(15,17)18/h5-6,9-10,16H,3-4,7-8,14H2,1-2H3,(H2,15,17,18). The molecule has 1 rings (SSSR count). The van der Waals surface area contributed by atoms with Crippen molar-refractivity contribution in [3.63, 3.8) is 0 Å². The molecule has 0 fully saturated rings. The molecule has 0 unspecified atom stereocenters. The van der Waals surface area contributed by atoms with Gasteiger partial charge in [0.15, 0.2) is 0 Å². The third-order valence-electron chi connectivity index (χ3n) is 2.67. The predicted molar refractivity (Wildman–Crippen MR) is 81.0 cm³/mol. The lowest BCUT2D eigenvalue weighted by Crippen LogP contribution is -2.14. The van der Waals surface area contributed by atoms with Crippen molar-refractivity contribution in [3.8, 4) is 0 Å². The van der Waals surface area contributed by atoms with Crippen LogP contribution in [0.25, 0.3) is 0 Å². The summed E-state index contributed by atoms with van der Waals surface area (Å²) in [7, 11) is -3.76. The Morgan fingerprint density at radius 2 is 2.00 bits per heavy atom. The molecule has 1 aromatic rings. The molecule has 114 valence electrons. The Morgan fingerprint density at radius 3 is 2.55 bits per heavy atom. The molecule has 0 spiro atoms. The van der Waals surface area contributed by atoms with E-state index in [0.29, 0.717) is 0 Å². The number of unbranched alkanes of at least 4 members (excludes halogenated alkanes) is 1. The molecule has 7 heteroatoms. The van der Waals surface area contributed by atoms with Gasteiger partial charge in [0.25, 0.3) is 0 Å². The van der Waals surface area contributed by atoms with E-state index in [9.17, 15) is 8.42 Å². The summed E-state index contributed by atoms with van der Waals surface area (Å²) in [6, 6.07) is 4.64. The third kappa shape index (κ3) is 5.77. The van der Waals surface area contributed by atoms with Crippen LogP contribution in [0.2, 0.25) is 0 Å². The van der Waals surface area contributed by atoms with Gasteiger partial charge in [0.2, 0.25) is 10.0 Å². The van der Waals surface area contributed by atoms with Crippen LogP contribution in [0, 0.1) is 0 Å². The first kappa shape index (κ1) is 16.7. The Hall–Kier alpha value is -1.31. The second-order valence-corrected chi connectivity index (χ2v) is 6.38. The van der Waals surface area contributed by atoms with Gasteiger partial charge in [-0.3, -0.25) is 0 Å². The minimum Gasteiger partial charge on any atom is -0.398 e. The fourth-order valence-corrected chi connectivity index (χ4v) is 2.34. The molecule has 0 heterocycles. The number of ether oxygens (including phenoxy) is 1. The molecule has 0 atom stereocenters. The SMILES string of the molecule is CC(C)OCCCCNc1ccc(S(N)(=O)=O)c(N)c1. The normalized spacial score (nSPS) is 11.8. The first-order valence-corrected chi connectivity index (χ1v) is 8.13. The van der Waals surface area contributed by atoms with Gasteiger partial charge in [0, 0.05) is 18.8 Å². The molecule has 0 saturated carbocycles. The summed E-state index contributed by atoms with van der Waals surface area (Å²) in [4.78, 5) is -0.0478. The third-order valence-corrected chi connectivity index (χ3v) is 3.65. The van der Waals surface area contributed by atoms with E-state index in [4.69, 9.17) is 15.6 Å². The maximum atomic E-state index is 11.2. The van der Waals surface area contributed by atoms with Crippen molar-refractivity contribution in [2.24, 2.45) is 5.14 Å². The number of nitrogens with one attached hydrogen (secondary N) is 1. The van der Waals surface area contributed by atoms with Crippen LogP contribution < -0.4 is 16.2 Å². The smallest absolute Gasteiger partial charge is 0.240 e. The van der Waals surface area contributed by atoms with E-state index in [1.807, 2.05) is 13.8 Å². The Balaban J connectivity index is 2.41. The topological polar surface area (TPSA) is 107 Å². The van der Waals surface area contributed by atoms with Gasteiger partial charge in [0.1, 0.15) is 4.90 Å². The van der Waals surface area contributed by atoms with Crippen LogP contribution in [-0.4, -0.2) is 27.7 Å². The molecule has 0 bridgehead atoms. The Kier molecular flexibility index (Phi) is 6.25. The lowest BCUT2D eigenvalue weighted by molar-refractivity contribution is 0.0765. The van der Waals surface area contributed by atoms with Crippen LogP contribution >= 0.6 is 0 Å². The second-order valence-electron chi connectivity index (χ2n) is 4.85. The van der Waals surface area contributed by atoms with Crippen molar-refractivity contribution >= 4 is 21.4 Å². The van der Waals surface area contributed by atoms with Gasteiger partial charge in [-0.1, -0.05) is 0 Å². The van der Waals surface area contributed by atoms with E-state index in [0.717, 1.165) is 31.7 Å². The molecular weight excluding hydrogens is 278 g/mol. The van der Waals surface area contributed by atoms with Gasteiger partial charge >= 0.3 is 0 Å². The van der Waals surface area contributed by atoms with Crippen molar-refractivity contribution in [1.82, 2.24) is 0 Å². The minimum absolute atomic E-state index is 0.0478. The zero-order valence-electron chi connectivity index (χ0n) is 11.9. The zero-order chi connectivity index (χ0) is 15.2. The van der Waals surface area contributed by atoms with Gasteiger partial charge in [-0.25, -0.2) is 13.6 Å². The largest absolute Gasteiger partial charge is 0.398 e. The minimum atomic E-state index is -3.76. The Morgan fingerprint density at radius 1 is 1.30 bits per heavy atom. The van der Waals surface area contributed by atoms with Crippen LogP contribution in [0.1, 0.15) is 26.7 Å². The van der Waals surface area contributed by atoms with E-state index >= 15 is 0 Å². The maximum Gasteiger partial charge on any atom is 0.240 e. The maximum absolute atomic E-state index is 11.2. The summed E-state index contributed by atoms with van der Waals surface area (Å²) in [6.07, 6.45) is 2.19. The highest BCUT2D eigenvalue weighted by Crippen LogP contribution is 2.21. The molecule has 6 nitrogen and oxygen atoms in total. The van der Waals surface area contributed by atoms with E-state index in [2.05, 4.69) is 5.32 Å². The van der Waals surface area contributed by atoms with E-state index in [-0.39, 0.29) is 16.7 Å². The molecule has 5 N–H and O–H groups in total. The summed E-state index contributed by atoms with van der Waals surface area (Å²) in [5.74, 6) is 0. The molecule has 0 aliphatic carbocycles. The number of nitrogens with two attached hydrogens (primary N) is 2. The molecule has 0 aliphatic heterocycles. The molecule has 0 saturated heterocycles. The molecule has 0 aliphatic rings. The Labute approximate surface area is 120 Å². The number of rotatable bonds is 8. The first-order chi connectivity index (χ1) is 9.30.